The van der Waals surface area contributed by atoms with E-state index in [0.29, 0.717) is 27.7 Å². The van der Waals surface area contributed by atoms with E-state index in [2.05, 4.69) is 46.8 Å². The van der Waals surface area contributed by atoms with Gasteiger partial charge in [-0.15, -0.1) is 0 Å². The Kier molecular flexibility index (Phi) is 6.34. The number of nitrogens with zero attached hydrogens (tertiary/aromatic N) is 1. The summed E-state index contributed by atoms with van der Waals surface area (Å²) in [6, 6.07) is 22.5. The maximum Gasteiger partial charge on any atom is 0.339 e. The number of esters is 1. The van der Waals surface area contributed by atoms with Gasteiger partial charge in [0, 0.05) is 16.5 Å². The molecular weight excluding hydrogens is 422 g/mol. The first-order chi connectivity index (χ1) is 16.1. The zero-order chi connectivity index (χ0) is 24.5. The number of aromatic nitrogens is 1. The third kappa shape index (κ3) is 4.76. The third-order valence-corrected chi connectivity index (χ3v) is 6.18. The number of benzene rings is 3. The number of carbonyl (C=O) groups excluding carboxylic acids is 2. The van der Waals surface area contributed by atoms with Gasteiger partial charge in [-0.1, -0.05) is 75.4 Å². The SMILES string of the molecule is Cc1cc(C(C)(C)C)cc(-c2cc(C(=O)OCC(=O)c3ccccc3)c3ccccc3n2)c1C. The van der Waals surface area contributed by atoms with Crippen LogP contribution < -0.4 is 0 Å². The molecule has 0 bridgehead atoms. The summed E-state index contributed by atoms with van der Waals surface area (Å²) < 4.78 is 5.46. The van der Waals surface area contributed by atoms with Gasteiger partial charge in [-0.05, 0) is 54.2 Å². The third-order valence-electron chi connectivity index (χ3n) is 6.18. The van der Waals surface area contributed by atoms with Crippen molar-refractivity contribution in [2.75, 3.05) is 6.61 Å². The number of pyridine rings is 1. The number of hydrogen-bond donors (Lipinski definition) is 0. The molecule has 0 saturated carbocycles. The highest BCUT2D eigenvalue weighted by Crippen LogP contribution is 2.33. The van der Waals surface area contributed by atoms with E-state index in [1.165, 1.54) is 11.1 Å². The fraction of sp³-hybridized carbons (Fsp3) is 0.233. The Labute approximate surface area is 200 Å². The monoisotopic (exact) mass is 451 g/mol. The van der Waals surface area contributed by atoms with Gasteiger partial charge in [0.15, 0.2) is 12.4 Å². The average Bonchev–Trinajstić information content (AvgIpc) is 2.83. The van der Waals surface area contributed by atoms with Crippen molar-refractivity contribution >= 4 is 22.7 Å². The molecule has 0 N–H and O–H groups in total. The fourth-order valence-electron chi connectivity index (χ4n) is 3.96. The van der Waals surface area contributed by atoms with E-state index in [9.17, 15) is 9.59 Å². The lowest BCUT2D eigenvalue weighted by molar-refractivity contribution is 0.0476. The zero-order valence-corrected chi connectivity index (χ0v) is 20.3. The second kappa shape index (κ2) is 9.22. The second-order valence-corrected chi connectivity index (χ2v) is 9.65. The van der Waals surface area contributed by atoms with Crippen LogP contribution in [0.3, 0.4) is 0 Å². The van der Waals surface area contributed by atoms with Crippen LogP contribution in [-0.2, 0) is 10.2 Å². The Morgan fingerprint density at radius 1 is 0.882 bits per heavy atom. The molecular formula is C30H29NO3. The van der Waals surface area contributed by atoms with Crippen LogP contribution in [-0.4, -0.2) is 23.3 Å². The van der Waals surface area contributed by atoms with Crippen molar-refractivity contribution in [3.8, 4) is 11.3 Å². The number of hydrogen-bond acceptors (Lipinski definition) is 4. The molecule has 172 valence electrons. The largest absolute Gasteiger partial charge is 0.454 e. The van der Waals surface area contributed by atoms with Crippen molar-refractivity contribution in [2.24, 2.45) is 0 Å². The van der Waals surface area contributed by atoms with Crippen molar-refractivity contribution in [2.45, 2.75) is 40.0 Å². The van der Waals surface area contributed by atoms with Gasteiger partial charge < -0.3 is 4.74 Å². The molecule has 4 nitrogen and oxygen atoms in total. The summed E-state index contributed by atoms with van der Waals surface area (Å²) in [5.41, 5.74) is 6.81. The molecule has 0 aliphatic carbocycles. The summed E-state index contributed by atoms with van der Waals surface area (Å²) >= 11 is 0. The number of para-hydroxylation sites is 1. The first-order valence-electron chi connectivity index (χ1n) is 11.4. The number of aryl methyl sites for hydroxylation is 1. The van der Waals surface area contributed by atoms with Crippen LogP contribution in [0.25, 0.3) is 22.2 Å². The summed E-state index contributed by atoms with van der Waals surface area (Å²) in [5, 5.41) is 0.699. The van der Waals surface area contributed by atoms with Crippen molar-refractivity contribution in [3.63, 3.8) is 0 Å². The number of carbonyl (C=O) groups is 2. The molecule has 1 heterocycles. The topological polar surface area (TPSA) is 56.3 Å². The number of rotatable bonds is 5. The fourth-order valence-corrected chi connectivity index (χ4v) is 3.96. The van der Waals surface area contributed by atoms with Crippen LogP contribution >= 0.6 is 0 Å². The molecule has 0 aliphatic heterocycles. The summed E-state index contributed by atoms with van der Waals surface area (Å²) in [6.45, 7) is 10.4. The molecule has 0 saturated heterocycles. The highest BCUT2D eigenvalue weighted by Gasteiger charge is 2.21. The molecule has 1 aromatic heterocycles. The summed E-state index contributed by atoms with van der Waals surface area (Å²) in [7, 11) is 0. The molecule has 4 rings (SSSR count). The molecule has 34 heavy (non-hydrogen) atoms. The molecule has 0 unspecified atom stereocenters. The zero-order valence-electron chi connectivity index (χ0n) is 20.3. The molecule has 4 heteroatoms. The molecule has 0 amide bonds. The molecule has 0 atom stereocenters. The minimum absolute atomic E-state index is 0.0242. The Hall–Kier alpha value is -3.79. The second-order valence-electron chi connectivity index (χ2n) is 9.65. The van der Waals surface area contributed by atoms with Gasteiger partial charge in [-0.25, -0.2) is 9.78 Å². The number of ether oxygens (including phenoxy) is 1. The maximum atomic E-state index is 13.2. The Morgan fingerprint density at radius 3 is 2.26 bits per heavy atom. The first-order valence-corrected chi connectivity index (χ1v) is 11.4. The highest BCUT2D eigenvalue weighted by atomic mass is 16.5. The van der Waals surface area contributed by atoms with E-state index in [-0.39, 0.29) is 17.8 Å². The molecule has 0 fully saturated rings. The molecule has 4 aromatic rings. The van der Waals surface area contributed by atoms with E-state index in [1.807, 2.05) is 30.3 Å². The predicted octanol–water partition coefficient (Wildman–Crippen LogP) is 6.86. The van der Waals surface area contributed by atoms with Gasteiger partial charge in [0.1, 0.15) is 0 Å². The number of ketones is 1. The lowest BCUT2D eigenvalue weighted by Crippen LogP contribution is -2.15. The standard InChI is InChI=1S/C30H29NO3/c1-19-15-22(30(3,4)5)16-24(20(19)2)27-17-25(23-13-9-10-14-26(23)31-27)29(33)34-18-28(32)21-11-7-6-8-12-21/h6-17H,18H2,1-5H3. The Balaban J connectivity index is 1.75. The van der Waals surface area contributed by atoms with Gasteiger partial charge in [0.05, 0.1) is 16.8 Å². The lowest BCUT2D eigenvalue weighted by Gasteiger charge is -2.22. The Morgan fingerprint density at radius 2 is 1.56 bits per heavy atom. The molecule has 3 aromatic carbocycles. The average molecular weight is 452 g/mol. The molecule has 0 aliphatic rings. The molecule has 0 spiro atoms. The van der Waals surface area contributed by atoms with E-state index in [4.69, 9.17) is 9.72 Å². The quantitative estimate of drug-likeness (QED) is 0.246. The van der Waals surface area contributed by atoms with Gasteiger partial charge in [0.2, 0.25) is 0 Å². The van der Waals surface area contributed by atoms with E-state index < -0.39 is 5.97 Å². The lowest BCUT2D eigenvalue weighted by atomic mass is 9.83. The minimum Gasteiger partial charge on any atom is -0.454 e. The summed E-state index contributed by atoms with van der Waals surface area (Å²) in [4.78, 5) is 30.5. The van der Waals surface area contributed by atoms with Crippen molar-refractivity contribution < 1.29 is 14.3 Å². The normalized spacial score (nSPS) is 11.4. The van der Waals surface area contributed by atoms with Crippen molar-refractivity contribution in [1.82, 2.24) is 4.98 Å². The number of fused-ring (bicyclic) bond motifs is 1. The van der Waals surface area contributed by atoms with Crippen LogP contribution in [0.15, 0.2) is 72.8 Å². The van der Waals surface area contributed by atoms with Crippen LogP contribution in [0, 0.1) is 13.8 Å². The van der Waals surface area contributed by atoms with Crippen molar-refractivity contribution in [3.05, 3.63) is 101 Å². The van der Waals surface area contributed by atoms with Crippen LogP contribution in [0.1, 0.15) is 58.2 Å². The smallest absolute Gasteiger partial charge is 0.339 e. The van der Waals surface area contributed by atoms with Crippen LogP contribution in [0.2, 0.25) is 0 Å². The van der Waals surface area contributed by atoms with Crippen LogP contribution in [0.4, 0.5) is 0 Å². The molecule has 0 radical (unpaired) electrons. The number of Topliss-reactive ketones (excluding diaryl/α,β-unsaturated/α-hetero) is 1. The van der Waals surface area contributed by atoms with E-state index >= 15 is 0 Å². The van der Waals surface area contributed by atoms with Crippen LogP contribution in [0.5, 0.6) is 0 Å². The van der Waals surface area contributed by atoms with Crippen molar-refractivity contribution in [1.29, 1.82) is 0 Å². The first kappa shape index (κ1) is 23.4. The summed E-state index contributed by atoms with van der Waals surface area (Å²) in [5.74, 6) is -0.776. The van der Waals surface area contributed by atoms with Gasteiger partial charge in [-0.2, -0.15) is 0 Å². The summed E-state index contributed by atoms with van der Waals surface area (Å²) in [6.07, 6.45) is 0. The highest BCUT2D eigenvalue weighted by molar-refractivity contribution is 6.06. The minimum atomic E-state index is -0.537. The Bertz CT molecular complexity index is 1380. The van der Waals surface area contributed by atoms with Gasteiger partial charge in [-0.3, -0.25) is 4.79 Å². The van der Waals surface area contributed by atoms with Gasteiger partial charge >= 0.3 is 5.97 Å². The van der Waals surface area contributed by atoms with E-state index in [1.54, 1.807) is 30.3 Å². The predicted molar refractivity (Wildman–Crippen MR) is 136 cm³/mol. The van der Waals surface area contributed by atoms with Gasteiger partial charge in [0.25, 0.3) is 0 Å². The maximum absolute atomic E-state index is 13.2. The van der Waals surface area contributed by atoms with E-state index in [0.717, 1.165) is 11.1 Å².